The number of nitrogens with two attached hydrogens (primary N) is 1. The van der Waals surface area contributed by atoms with E-state index >= 15 is 0 Å². The molecule has 1 aromatic rings. The van der Waals surface area contributed by atoms with Crippen LogP contribution in [0.25, 0.3) is 0 Å². The largest absolute Gasteiger partial charge is 0.380 e. The number of nitrogens with zero attached hydrogens (tertiary/aromatic N) is 2. The maximum Gasteiger partial charge on any atom is 0.129 e. The molecular weight excluding hydrogens is 238 g/mol. The highest BCUT2D eigenvalue weighted by atomic mass is 16.5. The molecule has 0 aromatic carbocycles. The maximum atomic E-state index is 5.78. The molecule has 0 unspecified atom stereocenters. The normalized spacial score (nSPS) is 11.1. The maximum absolute atomic E-state index is 5.78. The van der Waals surface area contributed by atoms with Crippen molar-refractivity contribution < 1.29 is 4.74 Å². The van der Waals surface area contributed by atoms with Crippen LogP contribution in [0.1, 0.15) is 44.9 Å². The van der Waals surface area contributed by atoms with Crippen LogP contribution in [0.15, 0.2) is 12.1 Å². The fourth-order valence-electron chi connectivity index (χ4n) is 1.92. The van der Waals surface area contributed by atoms with Crippen molar-refractivity contribution in [1.82, 2.24) is 4.98 Å². The van der Waals surface area contributed by atoms with Crippen LogP contribution in [-0.4, -0.2) is 31.3 Å². The second kappa shape index (κ2) is 8.12. The summed E-state index contributed by atoms with van der Waals surface area (Å²) in [6.45, 7) is 12.3. The number of rotatable bonds is 8. The first-order chi connectivity index (χ1) is 9.12. The molecule has 19 heavy (non-hydrogen) atoms. The van der Waals surface area contributed by atoms with Gasteiger partial charge in [0, 0.05) is 31.9 Å². The highest BCUT2D eigenvalue weighted by Gasteiger charge is 2.10. The Kier molecular flexibility index (Phi) is 6.81. The van der Waals surface area contributed by atoms with Crippen molar-refractivity contribution in [2.75, 3.05) is 31.2 Å². The van der Waals surface area contributed by atoms with E-state index in [1.54, 1.807) is 0 Å². The molecule has 2 N–H and O–H groups in total. The molecule has 0 amide bonds. The Morgan fingerprint density at radius 1 is 1.32 bits per heavy atom. The SMILES string of the molecule is CCOCCN(CC)c1cc(CN)cc(C(C)C)n1. The lowest BCUT2D eigenvalue weighted by Gasteiger charge is -2.23. The second-order valence-corrected chi connectivity index (χ2v) is 4.89. The van der Waals surface area contributed by atoms with Crippen LogP contribution < -0.4 is 10.6 Å². The number of ether oxygens (including phenoxy) is 1. The molecule has 0 fully saturated rings. The molecule has 1 heterocycles. The fourth-order valence-corrected chi connectivity index (χ4v) is 1.92. The van der Waals surface area contributed by atoms with E-state index in [9.17, 15) is 0 Å². The summed E-state index contributed by atoms with van der Waals surface area (Å²) in [6.07, 6.45) is 0. The van der Waals surface area contributed by atoms with Crippen molar-refractivity contribution in [3.8, 4) is 0 Å². The highest BCUT2D eigenvalue weighted by Crippen LogP contribution is 2.20. The van der Waals surface area contributed by atoms with Gasteiger partial charge in [0.25, 0.3) is 0 Å². The van der Waals surface area contributed by atoms with Crippen LogP contribution in [0.4, 0.5) is 5.82 Å². The zero-order valence-electron chi connectivity index (χ0n) is 12.6. The Morgan fingerprint density at radius 3 is 2.58 bits per heavy atom. The molecule has 0 bridgehead atoms. The smallest absolute Gasteiger partial charge is 0.129 e. The van der Waals surface area contributed by atoms with E-state index in [2.05, 4.69) is 37.8 Å². The number of pyridine rings is 1. The molecule has 108 valence electrons. The molecule has 4 nitrogen and oxygen atoms in total. The summed E-state index contributed by atoms with van der Waals surface area (Å²) in [5.74, 6) is 1.42. The summed E-state index contributed by atoms with van der Waals surface area (Å²) >= 11 is 0. The van der Waals surface area contributed by atoms with E-state index in [1.807, 2.05) is 6.92 Å². The van der Waals surface area contributed by atoms with Gasteiger partial charge in [-0.05, 0) is 37.5 Å². The van der Waals surface area contributed by atoms with Gasteiger partial charge in [-0.2, -0.15) is 0 Å². The molecule has 0 spiro atoms. The molecule has 0 saturated heterocycles. The fraction of sp³-hybridized carbons (Fsp3) is 0.667. The highest BCUT2D eigenvalue weighted by molar-refractivity contribution is 5.43. The average molecular weight is 265 g/mol. The zero-order chi connectivity index (χ0) is 14.3. The van der Waals surface area contributed by atoms with Crippen LogP contribution in [-0.2, 0) is 11.3 Å². The molecule has 1 rings (SSSR count). The molecule has 0 radical (unpaired) electrons. The first-order valence-electron chi connectivity index (χ1n) is 7.15. The van der Waals surface area contributed by atoms with Gasteiger partial charge >= 0.3 is 0 Å². The molecule has 0 aliphatic rings. The number of likely N-dealkylation sites (N-methyl/N-ethyl adjacent to an activating group) is 1. The van der Waals surface area contributed by atoms with Gasteiger partial charge in [-0.15, -0.1) is 0 Å². The zero-order valence-corrected chi connectivity index (χ0v) is 12.6. The predicted molar refractivity (Wildman–Crippen MR) is 80.6 cm³/mol. The van der Waals surface area contributed by atoms with Crippen molar-refractivity contribution in [2.45, 2.75) is 40.2 Å². The predicted octanol–water partition coefficient (Wildman–Crippen LogP) is 2.53. The minimum atomic E-state index is 0.413. The van der Waals surface area contributed by atoms with Crippen LogP contribution in [0, 0.1) is 0 Å². The van der Waals surface area contributed by atoms with Gasteiger partial charge in [-0.1, -0.05) is 13.8 Å². The number of hydrogen-bond donors (Lipinski definition) is 1. The lowest BCUT2D eigenvalue weighted by Crippen LogP contribution is -2.28. The van der Waals surface area contributed by atoms with E-state index in [0.29, 0.717) is 12.5 Å². The molecule has 0 aliphatic carbocycles. The minimum Gasteiger partial charge on any atom is -0.380 e. The summed E-state index contributed by atoms with van der Waals surface area (Å²) in [5.41, 5.74) is 8.03. The van der Waals surface area contributed by atoms with Crippen molar-refractivity contribution in [1.29, 1.82) is 0 Å². The van der Waals surface area contributed by atoms with Crippen LogP contribution >= 0.6 is 0 Å². The van der Waals surface area contributed by atoms with Crippen LogP contribution in [0.5, 0.6) is 0 Å². The van der Waals surface area contributed by atoms with E-state index in [0.717, 1.165) is 43.4 Å². The third kappa shape index (κ3) is 4.80. The van der Waals surface area contributed by atoms with E-state index in [4.69, 9.17) is 15.5 Å². The third-order valence-electron chi connectivity index (χ3n) is 3.13. The Balaban J connectivity index is 2.91. The molecule has 0 aliphatic heterocycles. The van der Waals surface area contributed by atoms with Crippen molar-refractivity contribution in [3.05, 3.63) is 23.4 Å². The quantitative estimate of drug-likeness (QED) is 0.734. The molecule has 0 atom stereocenters. The third-order valence-corrected chi connectivity index (χ3v) is 3.13. The standard InChI is InChI=1S/C15H27N3O/c1-5-18(7-8-19-6-2)15-10-13(11-16)9-14(17-15)12(3)4/h9-10,12H,5-8,11,16H2,1-4H3. The minimum absolute atomic E-state index is 0.413. The first kappa shape index (κ1) is 15.9. The Labute approximate surface area is 117 Å². The summed E-state index contributed by atoms with van der Waals surface area (Å²) in [4.78, 5) is 6.98. The molecule has 4 heteroatoms. The van der Waals surface area contributed by atoms with E-state index in [1.165, 1.54) is 0 Å². The van der Waals surface area contributed by atoms with Gasteiger partial charge in [0.2, 0.25) is 0 Å². The number of hydrogen-bond acceptors (Lipinski definition) is 4. The monoisotopic (exact) mass is 265 g/mol. The molecule has 0 saturated carbocycles. The first-order valence-corrected chi connectivity index (χ1v) is 7.15. The number of aromatic nitrogens is 1. The van der Waals surface area contributed by atoms with E-state index in [-0.39, 0.29) is 0 Å². The van der Waals surface area contributed by atoms with Gasteiger partial charge in [0.15, 0.2) is 0 Å². The van der Waals surface area contributed by atoms with Gasteiger partial charge in [0.05, 0.1) is 6.61 Å². The second-order valence-electron chi connectivity index (χ2n) is 4.89. The van der Waals surface area contributed by atoms with Crippen LogP contribution in [0.2, 0.25) is 0 Å². The van der Waals surface area contributed by atoms with Crippen molar-refractivity contribution >= 4 is 5.82 Å². The summed E-state index contributed by atoms with van der Waals surface area (Å²) in [7, 11) is 0. The van der Waals surface area contributed by atoms with Crippen molar-refractivity contribution in [2.24, 2.45) is 5.73 Å². The summed E-state index contributed by atoms with van der Waals surface area (Å²) in [5, 5.41) is 0. The van der Waals surface area contributed by atoms with Gasteiger partial charge in [-0.3, -0.25) is 0 Å². The topological polar surface area (TPSA) is 51.4 Å². The van der Waals surface area contributed by atoms with Gasteiger partial charge in [-0.25, -0.2) is 4.98 Å². The van der Waals surface area contributed by atoms with E-state index < -0.39 is 0 Å². The average Bonchev–Trinajstić information content (AvgIpc) is 2.43. The Morgan fingerprint density at radius 2 is 2.05 bits per heavy atom. The summed E-state index contributed by atoms with van der Waals surface area (Å²) < 4.78 is 5.43. The van der Waals surface area contributed by atoms with Crippen LogP contribution in [0.3, 0.4) is 0 Å². The lowest BCUT2D eigenvalue weighted by atomic mass is 10.1. The Hall–Kier alpha value is -1.13. The molecule has 1 aromatic heterocycles. The van der Waals surface area contributed by atoms with Crippen molar-refractivity contribution in [3.63, 3.8) is 0 Å². The lowest BCUT2D eigenvalue weighted by molar-refractivity contribution is 0.154. The Bertz CT molecular complexity index is 380. The van der Waals surface area contributed by atoms with Gasteiger partial charge in [0.1, 0.15) is 5.82 Å². The van der Waals surface area contributed by atoms with Gasteiger partial charge < -0.3 is 15.4 Å². The summed E-state index contributed by atoms with van der Waals surface area (Å²) in [6, 6.07) is 4.19. The number of anilines is 1. The molecular formula is C15H27N3O.